The number of hydrogen-bond donors (Lipinski definition) is 1. The van der Waals surface area contributed by atoms with Crippen LogP contribution in [0.1, 0.15) is 13.8 Å². The Labute approximate surface area is 148 Å². The van der Waals surface area contributed by atoms with Crippen molar-refractivity contribution < 1.29 is 27.4 Å². The van der Waals surface area contributed by atoms with E-state index < -0.39 is 22.0 Å². The molecule has 0 spiro atoms. The van der Waals surface area contributed by atoms with Gasteiger partial charge in [0.25, 0.3) is 0 Å². The maximum Gasteiger partial charge on any atom is 0.243 e. The lowest BCUT2D eigenvalue weighted by Crippen LogP contribution is -2.50. The Morgan fingerprint density at radius 2 is 1.92 bits per heavy atom. The van der Waals surface area contributed by atoms with Crippen molar-refractivity contribution in [3.63, 3.8) is 0 Å². The molecule has 0 unspecified atom stereocenters. The van der Waals surface area contributed by atoms with Crippen molar-refractivity contribution in [2.75, 3.05) is 37.5 Å². The molecule has 0 saturated heterocycles. The number of nitrogens with one attached hydrogen (secondary N) is 1. The van der Waals surface area contributed by atoms with E-state index in [1.807, 2.05) is 0 Å². The first-order valence-corrected chi connectivity index (χ1v) is 9.77. The molecular weight excluding hydrogens is 348 g/mol. The second-order valence-electron chi connectivity index (χ2n) is 5.93. The van der Waals surface area contributed by atoms with E-state index in [1.54, 1.807) is 25.1 Å². The Balaban J connectivity index is 2.29. The lowest BCUT2D eigenvalue weighted by Gasteiger charge is -2.30. The Bertz CT molecular complexity index is 721. The fourth-order valence-electron chi connectivity index (χ4n) is 2.63. The fourth-order valence-corrected chi connectivity index (χ4v) is 3.80. The number of hydrogen-bond acceptors (Lipinski definition) is 6. The van der Waals surface area contributed by atoms with Gasteiger partial charge in [-0.25, -0.2) is 8.42 Å². The normalized spacial score (nSPS) is 16.0. The van der Waals surface area contributed by atoms with Crippen molar-refractivity contribution in [2.45, 2.75) is 25.9 Å². The monoisotopic (exact) mass is 372 g/mol. The summed E-state index contributed by atoms with van der Waals surface area (Å²) in [6.07, 6.45) is 1.06. The first kappa shape index (κ1) is 19.3. The molecule has 0 saturated carbocycles. The second kappa shape index (κ2) is 7.92. The van der Waals surface area contributed by atoms with Gasteiger partial charge in [0.05, 0.1) is 18.6 Å². The summed E-state index contributed by atoms with van der Waals surface area (Å²) >= 11 is 0. The molecule has 1 heterocycles. The van der Waals surface area contributed by atoms with Crippen LogP contribution >= 0.6 is 0 Å². The van der Waals surface area contributed by atoms with Gasteiger partial charge in [-0.1, -0.05) is 0 Å². The van der Waals surface area contributed by atoms with E-state index in [2.05, 4.69) is 5.32 Å². The number of carbonyl (C=O) groups excluding carboxylic acids is 1. The van der Waals surface area contributed by atoms with Crippen LogP contribution < -0.4 is 19.1 Å². The molecule has 2 atom stereocenters. The van der Waals surface area contributed by atoms with Gasteiger partial charge in [0.1, 0.15) is 19.3 Å². The van der Waals surface area contributed by atoms with Crippen LogP contribution in [-0.2, 0) is 19.6 Å². The van der Waals surface area contributed by atoms with Crippen LogP contribution in [0.25, 0.3) is 0 Å². The molecule has 1 N–H and O–H groups in total. The van der Waals surface area contributed by atoms with Crippen LogP contribution in [0.3, 0.4) is 0 Å². The summed E-state index contributed by atoms with van der Waals surface area (Å²) < 4.78 is 41.6. The number of carbonyl (C=O) groups is 1. The first-order valence-electron chi connectivity index (χ1n) is 7.92. The molecule has 1 aliphatic rings. The number of benzene rings is 1. The van der Waals surface area contributed by atoms with Crippen LogP contribution in [0.15, 0.2) is 18.2 Å². The van der Waals surface area contributed by atoms with Crippen molar-refractivity contribution in [2.24, 2.45) is 0 Å². The van der Waals surface area contributed by atoms with Crippen molar-refractivity contribution in [1.82, 2.24) is 5.32 Å². The highest BCUT2D eigenvalue weighted by Gasteiger charge is 2.30. The molecule has 0 fully saturated rings. The van der Waals surface area contributed by atoms with Gasteiger partial charge in [-0.05, 0) is 26.0 Å². The molecule has 0 radical (unpaired) electrons. The van der Waals surface area contributed by atoms with Gasteiger partial charge in [0.2, 0.25) is 15.9 Å². The standard InChI is InChI=1S/C16H24N2O6S/c1-11(10-22-3)17-16(19)12(2)18(25(4,20)21)13-5-6-14-15(9-13)24-8-7-23-14/h5-6,9,11-12H,7-8,10H2,1-4H3,(H,17,19)/t11-,12-/m1/s1. The topological polar surface area (TPSA) is 94.2 Å². The van der Waals surface area contributed by atoms with Crippen LogP contribution in [0.2, 0.25) is 0 Å². The number of anilines is 1. The predicted molar refractivity (Wildman–Crippen MR) is 93.7 cm³/mol. The minimum absolute atomic E-state index is 0.235. The van der Waals surface area contributed by atoms with Crippen LogP contribution in [0.4, 0.5) is 5.69 Å². The van der Waals surface area contributed by atoms with Crippen molar-refractivity contribution in [3.05, 3.63) is 18.2 Å². The molecule has 1 aliphatic heterocycles. The molecule has 1 aromatic carbocycles. The summed E-state index contributed by atoms with van der Waals surface area (Å²) in [5.74, 6) is 0.594. The Kier molecular flexibility index (Phi) is 6.12. The van der Waals surface area contributed by atoms with E-state index in [9.17, 15) is 13.2 Å². The molecule has 8 nitrogen and oxygen atoms in total. The van der Waals surface area contributed by atoms with E-state index in [-0.39, 0.29) is 6.04 Å². The van der Waals surface area contributed by atoms with Gasteiger partial charge in [0, 0.05) is 19.2 Å². The largest absolute Gasteiger partial charge is 0.486 e. The lowest BCUT2D eigenvalue weighted by atomic mass is 10.2. The summed E-state index contributed by atoms with van der Waals surface area (Å²) in [6, 6.07) is 3.63. The smallest absolute Gasteiger partial charge is 0.243 e. The highest BCUT2D eigenvalue weighted by Crippen LogP contribution is 2.35. The maximum atomic E-state index is 12.4. The zero-order valence-corrected chi connectivity index (χ0v) is 15.6. The number of methoxy groups -OCH3 is 1. The molecular formula is C16H24N2O6S. The molecule has 2 rings (SSSR count). The Morgan fingerprint density at radius 3 is 2.52 bits per heavy atom. The average molecular weight is 372 g/mol. The van der Waals surface area contributed by atoms with Crippen molar-refractivity contribution >= 4 is 21.6 Å². The highest BCUT2D eigenvalue weighted by molar-refractivity contribution is 7.92. The van der Waals surface area contributed by atoms with Crippen molar-refractivity contribution in [3.8, 4) is 11.5 Å². The number of nitrogens with zero attached hydrogens (tertiary/aromatic N) is 1. The summed E-state index contributed by atoms with van der Waals surface area (Å²) in [5.41, 5.74) is 0.341. The van der Waals surface area contributed by atoms with E-state index in [0.29, 0.717) is 37.0 Å². The van der Waals surface area contributed by atoms with Gasteiger partial charge < -0.3 is 19.5 Å². The SMILES string of the molecule is COC[C@@H](C)NC(=O)[C@@H](C)N(c1ccc2c(c1)OCCO2)S(C)(=O)=O. The molecule has 1 amide bonds. The third-order valence-electron chi connectivity index (χ3n) is 3.67. The van der Waals surface area contributed by atoms with Gasteiger partial charge in [0.15, 0.2) is 11.5 Å². The van der Waals surface area contributed by atoms with Crippen LogP contribution in [0, 0.1) is 0 Å². The fraction of sp³-hybridized carbons (Fsp3) is 0.562. The number of ether oxygens (including phenoxy) is 3. The lowest BCUT2D eigenvalue weighted by molar-refractivity contribution is -0.122. The molecule has 140 valence electrons. The Hall–Kier alpha value is -2.00. The molecule has 1 aromatic rings. The third kappa shape index (κ3) is 4.76. The zero-order valence-electron chi connectivity index (χ0n) is 14.8. The molecule has 0 aliphatic carbocycles. The number of fused-ring (bicyclic) bond motifs is 1. The first-order chi connectivity index (χ1) is 11.7. The maximum absolute atomic E-state index is 12.4. The van der Waals surface area contributed by atoms with Gasteiger partial charge >= 0.3 is 0 Å². The van der Waals surface area contributed by atoms with Crippen molar-refractivity contribution in [1.29, 1.82) is 0 Å². The van der Waals surface area contributed by atoms with Crippen LogP contribution in [0.5, 0.6) is 11.5 Å². The predicted octanol–water partition coefficient (Wildman–Crippen LogP) is 0.763. The van der Waals surface area contributed by atoms with Gasteiger partial charge in [-0.3, -0.25) is 9.10 Å². The second-order valence-corrected chi connectivity index (χ2v) is 7.79. The molecule has 0 aromatic heterocycles. The summed E-state index contributed by atoms with van der Waals surface area (Å²) in [7, 11) is -2.16. The van der Waals surface area contributed by atoms with Crippen LogP contribution in [-0.4, -0.2) is 59.6 Å². The molecule has 25 heavy (non-hydrogen) atoms. The van der Waals surface area contributed by atoms with E-state index in [4.69, 9.17) is 14.2 Å². The number of sulfonamides is 1. The molecule has 9 heteroatoms. The number of rotatable bonds is 7. The minimum atomic E-state index is -3.69. The average Bonchev–Trinajstić information content (AvgIpc) is 2.53. The van der Waals surface area contributed by atoms with E-state index >= 15 is 0 Å². The van der Waals surface area contributed by atoms with Gasteiger partial charge in [-0.15, -0.1) is 0 Å². The van der Waals surface area contributed by atoms with E-state index in [0.717, 1.165) is 10.6 Å². The summed E-state index contributed by atoms with van der Waals surface area (Å²) in [6.45, 7) is 4.48. The summed E-state index contributed by atoms with van der Waals surface area (Å²) in [5, 5.41) is 2.74. The Morgan fingerprint density at radius 1 is 1.28 bits per heavy atom. The zero-order chi connectivity index (χ0) is 18.6. The third-order valence-corrected chi connectivity index (χ3v) is 4.92. The van der Waals surface area contributed by atoms with E-state index in [1.165, 1.54) is 14.0 Å². The number of amides is 1. The minimum Gasteiger partial charge on any atom is -0.486 e. The summed E-state index contributed by atoms with van der Waals surface area (Å²) in [4.78, 5) is 12.4. The highest BCUT2D eigenvalue weighted by atomic mass is 32.2. The quantitative estimate of drug-likeness (QED) is 0.760. The molecule has 0 bridgehead atoms. The van der Waals surface area contributed by atoms with Gasteiger partial charge in [-0.2, -0.15) is 0 Å².